The molecular formula is C98H98N6O6S6. The van der Waals surface area contributed by atoms with Crippen molar-refractivity contribution < 1.29 is 28.5 Å². The van der Waals surface area contributed by atoms with E-state index in [2.05, 4.69) is 220 Å². The topological polar surface area (TPSA) is 143 Å². The number of aromatic hydroxyl groups is 2. The fourth-order valence-corrected chi connectivity index (χ4v) is 17.7. The van der Waals surface area contributed by atoms with E-state index in [0.29, 0.717) is 34.4 Å². The number of hydrogen-bond donors (Lipinski definition) is 2. The summed E-state index contributed by atoms with van der Waals surface area (Å²) in [7, 11) is 3.08. The maximum absolute atomic E-state index is 9.86. The summed E-state index contributed by atoms with van der Waals surface area (Å²) in [6.45, 7) is 13.7. The van der Waals surface area contributed by atoms with Crippen LogP contribution in [0.5, 0.6) is 23.0 Å². The molecule has 592 valence electrons. The van der Waals surface area contributed by atoms with Crippen molar-refractivity contribution in [2.45, 2.75) is 105 Å². The Hall–Kier alpha value is -11.0. The zero-order valence-corrected chi connectivity index (χ0v) is 71.4. The zero-order chi connectivity index (χ0) is 80.2. The Balaban J connectivity index is 0.000000136. The molecular weight excluding hydrogens is 1550 g/mol. The third-order valence-electron chi connectivity index (χ3n) is 19.8. The van der Waals surface area contributed by atoms with Gasteiger partial charge in [-0.2, -0.15) is 0 Å². The molecule has 0 fully saturated rings. The lowest BCUT2D eigenvalue weighted by Crippen LogP contribution is -2.25. The van der Waals surface area contributed by atoms with Gasteiger partial charge in [-0.1, -0.05) is 152 Å². The molecule has 0 saturated carbocycles. The van der Waals surface area contributed by atoms with Crippen LogP contribution in [-0.2, 0) is 0 Å². The van der Waals surface area contributed by atoms with Gasteiger partial charge in [0.2, 0.25) is 0 Å². The number of unbranched alkanes of at least 4 members (excludes halogenated alkanes) is 8. The van der Waals surface area contributed by atoms with Gasteiger partial charge in [-0.05, 0) is 260 Å². The monoisotopic (exact) mass is 1650 g/mol. The molecule has 18 heteroatoms. The molecule has 12 aromatic heterocycles. The van der Waals surface area contributed by atoms with Crippen LogP contribution < -0.4 is 19.3 Å². The number of phenols is 2. The van der Waals surface area contributed by atoms with Crippen molar-refractivity contribution in [3.05, 3.63) is 275 Å². The van der Waals surface area contributed by atoms with Crippen molar-refractivity contribution in [2.24, 2.45) is 0 Å². The molecule has 0 aliphatic carbocycles. The maximum atomic E-state index is 9.86. The average molecular weight is 1650 g/mol. The van der Waals surface area contributed by atoms with Crippen LogP contribution in [0.3, 0.4) is 0 Å². The van der Waals surface area contributed by atoms with Crippen molar-refractivity contribution in [3.8, 4) is 154 Å². The number of aromatic nitrogens is 4. The van der Waals surface area contributed by atoms with Crippen molar-refractivity contribution >= 4 is 79.4 Å². The standard InChI is InChI=1S/C31H38N2S2.C27H30N2S2.C20H15NO4.C20H15NO2S2/c1-3-5-7-9-19-33(20-10-8-6-4-2)27-17-15-25(16-18-27)26-23-28(30-13-11-21-34-30)32-29(24-26)31-14-12-22-35-31;1-3-5-15-29(16-6-4-2)23-13-11-21(12-14-23)22-19-24(26-9-7-17-30-26)28-25(20-22)27-10-8-18-31-27;1-23-20-12-13(6-7-17(20)22)14-10-15(18-4-2-8-24-18)21-16(11-14)19-5-3-9-25-19;1-23-18-12-13(6-7-17(18)22)14-10-15(19-4-2-8-24-19)21-16(11-14)20-5-3-9-25-20/h11-18,21-24H,3-10,19-20H2,1-2H3;7-14,17-20H,3-6,15-16H2,1-2H3;2*2-12,22H,1H3. The van der Waals surface area contributed by atoms with E-state index in [0.717, 1.165) is 92.4 Å². The van der Waals surface area contributed by atoms with Gasteiger partial charge >= 0.3 is 0 Å². The highest BCUT2D eigenvalue weighted by atomic mass is 32.1. The summed E-state index contributed by atoms with van der Waals surface area (Å²) in [5.41, 5.74) is 18.9. The van der Waals surface area contributed by atoms with Gasteiger partial charge in [0, 0.05) is 37.6 Å². The predicted octanol–water partition coefficient (Wildman–Crippen LogP) is 29.7. The van der Waals surface area contributed by atoms with Crippen LogP contribution in [0, 0.1) is 0 Å². The lowest BCUT2D eigenvalue weighted by molar-refractivity contribution is 0.373. The Bertz CT molecular complexity index is 5140. The summed E-state index contributed by atoms with van der Waals surface area (Å²) >= 11 is 10.3. The van der Waals surface area contributed by atoms with E-state index in [9.17, 15) is 10.2 Å². The molecule has 16 rings (SSSR count). The first kappa shape index (κ1) is 83.0. The van der Waals surface area contributed by atoms with Gasteiger partial charge < -0.3 is 38.3 Å². The fourth-order valence-electron chi connectivity index (χ4n) is 13.5. The molecule has 12 nitrogen and oxygen atoms in total. The number of phenolic OH excluding ortho intramolecular Hbond substituents is 2. The molecule has 0 saturated heterocycles. The van der Waals surface area contributed by atoms with E-state index in [-0.39, 0.29) is 11.5 Å². The molecule has 0 bridgehead atoms. The van der Waals surface area contributed by atoms with E-state index in [1.807, 2.05) is 66.7 Å². The van der Waals surface area contributed by atoms with Crippen LogP contribution in [-0.4, -0.2) is 70.5 Å². The first-order valence-electron chi connectivity index (χ1n) is 39.9. The zero-order valence-electron chi connectivity index (χ0n) is 66.5. The molecule has 0 spiro atoms. The second-order valence-corrected chi connectivity index (χ2v) is 33.7. The molecule has 0 aliphatic heterocycles. The number of pyridine rings is 4. The van der Waals surface area contributed by atoms with Gasteiger partial charge in [0.1, 0.15) is 11.4 Å². The van der Waals surface area contributed by atoms with Crippen LogP contribution in [0.4, 0.5) is 11.4 Å². The third kappa shape index (κ3) is 22.4. The Labute approximate surface area is 706 Å². The van der Waals surface area contributed by atoms with Gasteiger partial charge in [0.25, 0.3) is 0 Å². The van der Waals surface area contributed by atoms with E-state index in [1.54, 1.807) is 106 Å². The summed E-state index contributed by atoms with van der Waals surface area (Å²) in [6.07, 6.45) is 18.6. The number of nitrogens with zero attached hydrogens (tertiary/aromatic N) is 6. The molecule has 0 atom stereocenters. The minimum Gasteiger partial charge on any atom is -0.504 e. The quantitative estimate of drug-likeness (QED) is 0.0387. The normalized spacial score (nSPS) is 10.9. The Morgan fingerprint density at radius 1 is 0.284 bits per heavy atom. The summed E-state index contributed by atoms with van der Waals surface area (Å²) in [5.74, 6) is 2.44. The van der Waals surface area contributed by atoms with Gasteiger partial charge in [0.15, 0.2) is 34.5 Å². The Morgan fingerprint density at radius 2 is 0.560 bits per heavy atom. The van der Waals surface area contributed by atoms with Crippen LogP contribution >= 0.6 is 68.0 Å². The second kappa shape index (κ2) is 42.6. The predicted molar refractivity (Wildman–Crippen MR) is 493 cm³/mol. The molecule has 2 N–H and O–H groups in total. The van der Waals surface area contributed by atoms with Crippen molar-refractivity contribution in [1.29, 1.82) is 0 Å². The molecule has 0 aliphatic rings. The minimum absolute atomic E-state index is 0.0952. The lowest BCUT2D eigenvalue weighted by Gasteiger charge is -2.25. The second-order valence-electron chi connectivity index (χ2n) is 28.0. The lowest BCUT2D eigenvalue weighted by atomic mass is 10.0. The minimum atomic E-state index is 0.0952. The number of furan rings is 2. The smallest absolute Gasteiger partial charge is 0.161 e. The van der Waals surface area contributed by atoms with Crippen LogP contribution in [0.15, 0.2) is 284 Å². The highest BCUT2D eigenvalue weighted by Crippen LogP contribution is 2.41. The number of thiophene rings is 6. The van der Waals surface area contributed by atoms with E-state index < -0.39 is 0 Å². The highest BCUT2D eigenvalue weighted by Gasteiger charge is 2.19. The van der Waals surface area contributed by atoms with E-state index in [4.69, 9.17) is 33.3 Å². The molecule has 0 amide bonds. The van der Waals surface area contributed by atoms with Crippen molar-refractivity contribution in [3.63, 3.8) is 0 Å². The fraction of sp³-hybridized carbons (Fsp3) is 0.224. The number of hydrogen-bond acceptors (Lipinski definition) is 18. The van der Waals surface area contributed by atoms with Crippen molar-refractivity contribution in [1.82, 2.24) is 19.9 Å². The molecule has 4 aromatic carbocycles. The highest BCUT2D eigenvalue weighted by molar-refractivity contribution is 7.15. The van der Waals surface area contributed by atoms with Crippen molar-refractivity contribution in [2.75, 3.05) is 50.2 Å². The number of ether oxygens (including phenoxy) is 2. The van der Waals surface area contributed by atoms with Gasteiger partial charge in [-0.25, -0.2) is 19.9 Å². The number of benzene rings is 4. The molecule has 16 aromatic rings. The largest absolute Gasteiger partial charge is 0.504 e. The van der Waals surface area contributed by atoms with Crippen LogP contribution in [0.25, 0.3) is 131 Å². The summed E-state index contributed by atoms with van der Waals surface area (Å²) in [4.78, 5) is 31.7. The first-order valence-corrected chi connectivity index (χ1v) is 45.2. The van der Waals surface area contributed by atoms with E-state index >= 15 is 0 Å². The van der Waals surface area contributed by atoms with Crippen LogP contribution in [0.2, 0.25) is 0 Å². The molecule has 116 heavy (non-hydrogen) atoms. The van der Waals surface area contributed by atoms with Gasteiger partial charge in [-0.15, -0.1) is 68.0 Å². The maximum Gasteiger partial charge on any atom is 0.161 e. The average Bonchev–Trinajstić information content (AvgIpc) is 1.54. The van der Waals surface area contributed by atoms with Gasteiger partial charge in [-0.3, -0.25) is 0 Å². The Kier molecular flexibility index (Phi) is 30.5. The summed E-state index contributed by atoms with van der Waals surface area (Å²) < 4.78 is 21.4. The third-order valence-corrected chi connectivity index (χ3v) is 25.1. The Morgan fingerprint density at radius 3 is 0.828 bits per heavy atom. The number of anilines is 2. The van der Waals surface area contributed by atoms with Gasteiger partial charge in [0.05, 0.1) is 90.2 Å². The number of rotatable bonds is 32. The molecule has 0 unspecified atom stereocenters. The van der Waals surface area contributed by atoms with E-state index in [1.165, 1.54) is 137 Å². The molecule has 12 heterocycles. The summed E-state index contributed by atoms with van der Waals surface area (Å²) in [6, 6.07) is 78.5. The van der Waals surface area contributed by atoms with Crippen LogP contribution in [0.1, 0.15) is 105 Å². The SMILES string of the molecule is CCCCCCN(CCCCCC)c1ccc(-c2cc(-c3cccs3)nc(-c3cccs3)c2)cc1.CCCCN(CCCC)c1ccc(-c2cc(-c3cccs3)nc(-c3cccs3)c2)cc1.COc1cc(-c2cc(-c3ccco3)nc(-c3ccco3)c2)ccc1O.COc1cc(-c2cc(-c3cccs3)nc(-c3cccs3)c2)ccc1O. The first-order chi connectivity index (χ1) is 57.0. The summed E-state index contributed by atoms with van der Waals surface area (Å²) in [5, 5.41) is 32.3. The molecule has 0 radical (unpaired) electrons. The number of methoxy groups -OCH3 is 2.